The number of nitrogens with zero attached hydrogens (tertiary/aromatic N) is 4. The Bertz CT molecular complexity index is 1190. The smallest absolute Gasteiger partial charge is 0.293 e. The van der Waals surface area contributed by atoms with Gasteiger partial charge in [-0.15, -0.1) is 0 Å². The van der Waals surface area contributed by atoms with Crippen LogP contribution in [0.3, 0.4) is 0 Å². The van der Waals surface area contributed by atoms with Crippen molar-refractivity contribution in [3.05, 3.63) is 81.9 Å². The fourth-order valence-electron chi connectivity index (χ4n) is 3.76. The number of nitrogens with one attached hydrogen (secondary N) is 1. The van der Waals surface area contributed by atoms with Crippen molar-refractivity contribution in [1.82, 2.24) is 9.55 Å². The molecule has 2 heterocycles. The van der Waals surface area contributed by atoms with E-state index < -0.39 is 16.7 Å². The number of carbonyl (C=O) groups excluding carboxylic acids is 2. The molecule has 0 bridgehead atoms. The summed E-state index contributed by atoms with van der Waals surface area (Å²) in [5.41, 5.74) is 2.02. The van der Waals surface area contributed by atoms with Crippen LogP contribution in [0.2, 0.25) is 0 Å². The fourth-order valence-corrected chi connectivity index (χ4v) is 3.76. The van der Waals surface area contributed by atoms with Crippen LogP contribution in [0.1, 0.15) is 28.7 Å². The molecule has 1 aliphatic rings. The Hall–Kier alpha value is -4.01. The summed E-state index contributed by atoms with van der Waals surface area (Å²) in [7, 11) is 1.67. The largest absolute Gasteiger partial charge is 0.368 e. The first-order chi connectivity index (χ1) is 14.9. The zero-order valence-corrected chi connectivity index (χ0v) is 17.1. The highest BCUT2D eigenvalue weighted by Crippen LogP contribution is 2.30. The molecular formula is C22H21N5O4. The number of benzene rings is 2. The quantitative estimate of drug-likeness (QED) is 0.374. The molecule has 1 atom stereocenters. The van der Waals surface area contributed by atoms with Gasteiger partial charge in [0.15, 0.2) is 5.82 Å². The minimum atomic E-state index is -0.694. The monoisotopic (exact) mass is 419 g/mol. The van der Waals surface area contributed by atoms with E-state index in [-0.39, 0.29) is 28.7 Å². The Balaban J connectivity index is 1.57. The molecule has 4 rings (SSSR count). The number of para-hydroxylation sites is 1. The summed E-state index contributed by atoms with van der Waals surface area (Å²) in [6.07, 6.45) is 3.89. The van der Waals surface area contributed by atoms with Gasteiger partial charge in [-0.25, -0.2) is 4.98 Å². The van der Waals surface area contributed by atoms with Crippen molar-refractivity contribution >= 4 is 28.8 Å². The lowest BCUT2D eigenvalue weighted by atomic mass is 10.1. The Morgan fingerprint density at radius 2 is 2.00 bits per heavy atom. The first-order valence-electron chi connectivity index (χ1n) is 9.83. The number of ketones is 1. The standard InChI is InChI=1S/C22H21N5O4/c1-14(22(29)26-11-9-15-5-3-4-6-18(15)26)24-17-8-7-16(13-19(17)27(30)31)20(28)21-23-10-12-25(21)2/h3-8,10,12-14,24H,9,11H2,1-2H3. The summed E-state index contributed by atoms with van der Waals surface area (Å²) >= 11 is 0. The van der Waals surface area contributed by atoms with Gasteiger partial charge < -0.3 is 14.8 Å². The molecule has 1 unspecified atom stereocenters. The van der Waals surface area contributed by atoms with E-state index in [1.165, 1.54) is 24.4 Å². The first-order valence-corrected chi connectivity index (χ1v) is 9.83. The zero-order chi connectivity index (χ0) is 22.1. The number of aryl methyl sites for hydroxylation is 1. The van der Waals surface area contributed by atoms with Crippen LogP contribution < -0.4 is 10.2 Å². The maximum atomic E-state index is 13.0. The molecule has 158 valence electrons. The molecular weight excluding hydrogens is 398 g/mol. The number of amides is 1. The molecule has 1 N–H and O–H groups in total. The number of hydrogen-bond donors (Lipinski definition) is 1. The average molecular weight is 419 g/mol. The van der Waals surface area contributed by atoms with Gasteiger partial charge in [0.25, 0.3) is 5.69 Å². The van der Waals surface area contributed by atoms with Gasteiger partial charge >= 0.3 is 0 Å². The number of carbonyl (C=O) groups is 2. The summed E-state index contributed by atoms with van der Waals surface area (Å²) in [4.78, 5) is 42.4. The average Bonchev–Trinajstić information content (AvgIpc) is 3.39. The van der Waals surface area contributed by atoms with E-state index in [2.05, 4.69) is 10.3 Å². The highest BCUT2D eigenvalue weighted by atomic mass is 16.6. The van der Waals surface area contributed by atoms with Crippen molar-refractivity contribution in [3.8, 4) is 0 Å². The molecule has 0 saturated heterocycles. The van der Waals surface area contributed by atoms with Crippen molar-refractivity contribution < 1.29 is 14.5 Å². The van der Waals surface area contributed by atoms with Crippen molar-refractivity contribution in [3.63, 3.8) is 0 Å². The number of rotatable bonds is 6. The number of hydrogen-bond acceptors (Lipinski definition) is 6. The number of aromatic nitrogens is 2. The summed E-state index contributed by atoms with van der Waals surface area (Å²) in [6, 6.07) is 11.2. The molecule has 0 aliphatic carbocycles. The van der Waals surface area contributed by atoms with Crippen LogP contribution in [-0.2, 0) is 18.3 Å². The third-order valence-electron chi connectivity index (χ3n) is 5.38. The van der Waals surface area contributed by atoms with Crippen LogP contribution in [0.5, 0.6) is 0 Å². The third kappa shape index (κ3) is 3.77. The van der Waals surface area contributed by atoms with Gasteiger partial charge in [-0.2, -0.15) is 0 Å². The lowest BCUT2D eigenvalue weighted by Crippen LogP contribution is -2.40. The SMILES string of the molecule is CC(Nc1ccc(C(=O)c2nccn2C)cc1[N+](=O)[O-])C(=O)N1CCc2ccccc21. The Morgan fingerprint density at radius 1 is 1.23 bits per heavy atom. The third-order valence-corrected chi connectivity index (χ3v) is 5.38. The molecule has 0 spiro atoms. The predicted molar refractivity (Wildman–Crippen MR) is 115 cm³/mol. The van der Waals surface area contributed by atoms with E-state index in [0.29, 0.717) is 6.54 Å². The molecule has 1 amide bonds. The summed E-state index contributed by atoms with van der Waals surface area (Å²) in [5.74, 6) is -0.404. The molecule has 31 heavy (non-hydrogen) atoms. The summed E-state index contributed by atoms with van der Waals surface area (Å²) in [6.45, 7) is 2.24. The lowest BCUT2D eigenvalue weighted by Gasteiger charge is -2.23. The van der Waals surface area contributed by atoms with Crippen LogP contribution in [-0.4, -0.2) is 38.8 Å². The van der Waals surface area contributed by atoms with Gasteiger partial charge in [-0.3, -0.25) is 19.7 Å². The number of imidazole rings is 1. The van der Waals surface area contributed by atoms with E-state index in [9.17, 15) is 19.7 Å². The highest BCUT2D eigenvalue weighted by Gasteiger charge is 2.29. The van der Waals surface area contributed by atoms with Crippen LogP contribution in [0.25, 0.3) is 0 Å². The van der Waals surface area contributed by atoms with Gasteiger partial charge in [-0.1, -0.05) is 18.2 Å². The molecule has 0 saturated carbocycles. The molecule has 1 aromatic heterocycles. The normalized spacial score (nSPS) is 13.5. The number of nitro benzene ring substituents is 1. The second kappa shape index (κ2) is 8.02. The lowest BCUT2D eigenvalue weighted by molar-refractivity contribution is -0.384. The summed E-state index contributed by atoms with van der Waals surface area (Å²) < 4.78 is 1.55. The zero-order valence-electron chi connectivity index (χ0n) is 17.1. The maximum Gasteiger partial charge on any atom is 0.293 e. The molecule has 1 aliphatic heterocycles. The molecule has 2 aromatic carbocycles. The van der Waals surface area contributed by atoms with Crippen LogP contribution in [0.4, 0.5) is 17.1 Å². The van der Waals surface area contributed by atoms with Crippen molar-refractivity contribution in [2.24, 2.45) is 7.05 Å². The van der Waals surface area contributed by atoms with Gasteiger partial charge in [0.1, 0.15) is 11.7 Å². The van der Waals surface area contributed by atoms with Gasteiger partial charge in [0, 0.05) is 43.3 Å². The topological polar surface area (TPSA) is 110 Å². The molecule has 3 aromatic rings. The second-order valence-corrected chi connectivity index (χ2v) is 7.41. The first kappa shape index (κ1) is 20.3. The van der Waals surface area contributed by atoms with E-state index in [1.54, 1.807) is 29.6 Å². The second-order valence-electron chi connectivity index (χ2n) is 7.41. The van der Waals surface area contributed by atoms with E-state index >= 15 is 0 Å². The van der Waals surface area contributed by atoms with E-state index in [0.717, 1.165) is 17.7 Å². The maximum absolute atomic E-state index is 13.0. The van der Waals surface area contributed by atoms with Crippen LogP contribution >= 0.6 is 0 Å². The number of nitro groups is 1. The van der Waals surface area contributed by atoms with Gasteiger partial charge in [-0.05, 0) is 37.1 Å². The Labute approximate surface area is 178 Å². The van der Waals surface area contributed by atoms with Gasteiger partial charge in [0.05, 0.1) is 4.92 Å². The number of fused-ring (bicyclic) bond motifs is 1. The number of anilines is 2. The van der Waals surface area contributed by atoms with E-state index in [1.807, 2.05) is 24.3 Å². The van der Waals surface area contributed by atoms with Crippen molar-refractivity contribution in [1.29, 1.82) is 0 Å². The van der Waals surface area contributed by atoms with E-state index in [4.69, 9.17) is 0 Å². The molecule has 9 heteroatoms. The minimum absolute atomic E-state index is 0.152. The molecule has 9 nitrogen and oxygen atoms in total. The Morgan fingerprint density at radius 3 is 2.71 bits per heavy atom. The van der Waals surface area contributed by atoms with Crippen LogP contribution in [0.15, 0.2) is 54.9 Å². The van der Waals surface area contributed by atoms with Crippen molar-refractivity contribution in [2.45, 2.75) is 19.4 Å². The predicted octanol–water partition coefficient (Wildman–Crippen LogP) is 2.95. The molecule has 0 radical (unpaired) electrons. The van der Waals surface area contributed by atoms with Gasteiger partial charge in [0.2, 0.25) is 11.7 Å². The fraction of sp³-hybridized carbons (Fsp3) is 0.227. The highest BCUT2D eigenvalue weighted by molar-refractivity contribution is 6.07. The Kier molecular flexibility index (Phi) is 5.24. The van der Waals surface area contributed by atoms with Crippen molar-refractivity contribution in [2.75, 3.05) is 16.8 Å². The summed E-state index contributed by atoms with van der Waals surface area (Å²) in [5, 5.41) is 14.6. The van der Waals surface area contributed by atoms with Crippen LogP contribution in [0, 0.1) is 10.1 Å². The molecule has 0 fully saturated rings. The minimum Gasteiger partial charge on any atom is -0.368 e.